The van der Waals surface area contributed by atoms with Crippen molar-refractivity contribution in [2.75, 3.05) is 0 Å². The second-order valence-corrected chi connectivity index (χ2v) is 3.09. The average molecular weight is 199 g/mol. The average Bonchev–Trinajstić information content (AvgIpc) is 2.78. The van der Waals surface area contributed by atoms with Crippen LogP contribution in [0, 0.1) is 11.3 Å². The van der Waals surface area contributed by atoms with E-state index in [2.05, 4.69) is 5.10 Å². The molecule has 2 aromatic rings. The Labute approximate surface area is 87.0 Å². The zero-order valence-corrected chi connectivity index (χ0v) is 7.91. The van der Waals surface area contributed by atoms with Crippen LogP contribution in [0.3, 0.4) is 0 Å². The van der Waals surface area contributed by atoms with Crippen LogP contribution in [0.5, 0.6) is 0 Å². The van der Waals surface area contributed by atoms with E-state index in [-0.39, 0.29) is 0 Å². The molecule has 0 spiro atoms. The minimum Gasteiger partial charge on any atom is -0.374 e. The molecule has 0 radical (unpaired) electrons. The molecular weight excluding hydrogens is 190 g/mol. The molecule has 2 rings (SSSR count). The molecule has 1 heterocycles. The van der Waals surface area contributed by atoms with E-state index >= 15 is 0 Å². The fraction of sp³-hybridized carbons (Fsp3) is 0.0909. The van der Waals surface area contributed by atoms with Gasteiger partial charge in [0.15, 0.2) is 6.10 Å². The van der Waals surface area contributed by atoms with Crippen molar-refractivity contribution in [2.24, 2.45) is 0 Å². The van der Waals surface area contributed by atoms with Crippen molar-refractivity contribution in [2.45, 2.75) is 6.10 Å². The van der Waals surface area contributed by atoms with Crippen LogP contribution in [0.4, 0.5) is 0 Å². The molecule has 1 atom stereocenters. The molecule has 15 heavy (non-hydrogen) atoms. The van der Waals surface area contributed by atoms with Crippen LogP contribution >= 0.6 is 0 Å². The highest BCUT2D eigenvalue weighted by molar-refractivity contribution is 5.31. The number of hydrogen-bond acceptors (Lipinski definition) is 3. The second-order valence-electron chi connectivity index (χ2n) is 3.09. The first-order chi connectivity index (χ1) is 7.31. The number of hydrogen-bond donors (Lipinski definition) is 1. The van der Waals surface area contributed by atoms with E-state index in [1.54, 1.807) is 16.9 Å². The summed E-state index contributed by atoms with van der Waals surface area (Å²) < 4.78 is 1.62. The number of rotatable bonds is 2. The molecule has 0 saturated carbocycles. The first-order valence-electron chi connectivity index (χ1n) is 4.49. The van der Waals surface area contributed by atoms with Crippen LogP contribution < -0.4 is 0 Å². The molecule has 0 aliphatic carbocycles. The molecule has 1 N–H and O–H groups in total. The standard InChI is InChI=1S/C11H9N3O/c12-6-11(15)9-7-13-14(8-9)10-4-2-1-3-5-10/h1-5,7-8,11,15H. The normalized spacial score (nSPS) is 12.0. The van der Waals surface area contributed by atoms with Crippen molar-refractivity contribution in [3.63, 3.8) is 0 Å². The number of aromatic nitrogens is 2. The third kappa shape index (κ3) is 1.87. The van der Waals surface area contributed by atoms with Crippen molar-refractivity contribution >= 4 is 0 Å². The quantitative estimate of drug-likeness (QED) is 0.744. The Kier molecular flexibility index (Phi) is 2.48. The van der Waals surface area contributed by atoms with Crippen molar-refractivity contribution in [1.82, 2.24) is 9.78 Å². The molecule has 1 aromatic carbocycles. The Hall–Kier alpha value is -2.12. The maximum atomic E-state index is 9.28. The molecule has 74 valence electrons. The molecule has 0 fully saturated rings. The van der Waals surface area contributed by atoms with Crippen LogP contribution in [-0.4, -0.2) is 14.9 Å². The molecule has 0 saturated heterocycles. The fourth-order valence-electron chi connectivity index (χ4n) is 1.27. The minimum atomic E-state index is -1.11. The van der Waals surface area contributed by atoms with Crippen molar-refractivity contribution < 1.29 is 5.11 Å². The maximum Gasteiger partial charge on any atom is 0.168 e. The first-order valence-corrected chi connectivity index (χ1v) is 4.49. The first kappa shape index (κ1) is 9.44. The summed E-state index contributed by atoms with van der Waals surface area (Å²) in [6.07, 6.45) is 2.02. The third-order valence-corrected chi connectivity index (χ3v) is 2.06. The number of para-hydroxylation sites is 1. The Morgan fingerprint density at radius 1 is 1.33 bits per heavy atom. The smallest absolute Gasteiger partial charge is 0.168 e. The highest BCUT2D eigenvalue weighted by atomic mass is 16.3. The molecule has 1 unspecified atom stereocenters. The van der Waals surface area contributed by atoms with Gasteiger partial charge in [-0.15, -0.1) is 0 Å². The fourth-order valence-corrected chi connectivity index (χ4v) is 1.27. The van der Waals surface area contributed by atoms with Gasteiger partial charge in [-0.3, -0.25) is 0 Å². The highest BCUT2D eigenvalue weighted by Gasteiger charge is 2.08. The summed E-state index contributed by atoms with van der Waals surface area (Å²) in [4.78, 5) is 0. The van der Waals surface area contributed by atoms with Gasteiger partial charge in [0.2, 0.25) is 0 Å². The number of aliphatic hydroxyl groups is 1. The van der Waals surface area contributed by atoms with E-state index in [4.69, 9.17) is 5.26 Å². The largest absolute Gasteiger partial charge is 0.374 e. The molecule has 0 aliphatic rings. The lowest BCUT2D eigenvalue weighted by molar-refractivity contribution is 0.236. The van der Waals surface area contributed by atoms with Crippen LogP contribution in [0.1, 0.15) is 11.7 Å². The molecule has 0 aliphatic heterocycles. The van der Waals surface area contributed by atoms with Crippen molar-refractivity contribution in [3.05, 3.63) is 48.3 Å². The minimum absolute atomic E-state index is 0.501. The number of benzene rings is 1. The maximum absolute atomic E-state index is 9.28. The summed E-state index contributed by atoms with van der Waals surface area (Å²) in [5.41, 5.74) is 1.40. The number of aliphatic hydroxyl groups excluding tert-OH is 1. The van der Waals surface area contributed by atoms with Gasteiger partial charge in [0.05, 0.1) is 18.0 Å². The van der Waals surface area contributed by atoms with E-state index in [1.165, 1.54) is 6.20 Å². The lowest BCUT2D eigenvalue weighted by Gasteiger charge is -1.99. The summed E-state index contributed by atoms with van der Waals surface area (Å²) in [6.45, 7) is 0. The van der Waals surface area contributed by atoms with Crippen LogP contribution in [0.2, 0.25) is 0 Å². The van der Waals surface area contributed by atoms with Gasteiger partial charge in [-0.2, -0.15) is 10.4 Å². The van der Waals surface area contributed by atoms with E-state index in [9.17, 15) is 5.11 Å². The summed E-state index contributed by atoms with van der Waals surface area (Å²) in [5.74, 6) is 0. The zero-order chi connectivity index (χ0) is 10.7. The number of nitriles is 1. The Bertz CT molecular complexity index is 484. The van der Waals surface area contributed by atoms with Crippen LogP contribution in [0.15, 0.2) is 42.7 Å². The topological polar surface area (TPSA) is 61.8 Å². The van der Waals surface area contributed by atoms with E-state index < -0.39 is 6.10 Å². The molecular formula is C11H9N3O. The van der Waals surface area contributed by atoms with Crippen molar-refractivity contribution in [1.29, 1.82) is 5.26 Å². The summed E-state index contributed by atoms with van der Waals surface area (Å²) >= 11 is 0. The Morgan fingerprint density at radius 3 is 2.73 bits per heavy atom. The highest BCUT2D eigenvalue weighted by Crippen LogP contribution is 2.13. The molecule has 1 aromatic heterocycles. The second kappa shape index (κ2) is 3.95. The third-order valence-electron chi connectivity index (χ3n) is 2.06. The van der Waals surface area contributed by atoms with Gasteiger partial charge in [0.1, 0.15) is 0 Å². The summed E-state index contributed by atoms with van der Waals surface area (Å²) in [5, 5.41) is 21.9. The molecule has 4 nitrogen and oxygen atoms in total. The SMILES string of the molecule is N#CC(O)c1cnn(-c2ccccc2)c1. The van der Waals surface area contributed by atoms with Crippen LogP contribution in [0.25, 0.3) is 5.69 Å². The monoisotopic (exact) mass is 199 g/mol. The lowest BCUT2D eigenvalue weighted by Crippen LogP contribution is -1.94. The van der Waals surface area contributed by atoms with Gasteiger partial charge >= 0.3 is 0 Å². The van der Waals surface area contributed by atoms with Gasteiger partial charge in [0.25, 0.3) is 0 Å². The predicted octanol–water partition coefficient (Wildman–Crippen LogP) is 1.43. The molecule has 0 amide bonds. The van der Waals surface area contributed by atoms with Crippen molar-refractivity contribution in [3.8, 4) is 11.8 Å². The van der Waals surface area contributed by atoms with Gasteiger partial charge in [-0.25, -0.2) is 4.68 Å². The van der Waals surface area contributed by atoms with Gasteiger partial charge in [0, 0.05) is 11.8 Å². The van der Waals surface area contributed by atoms with Gasteiger partial charge in [-0.1, -0.05) is 18.2 Å². The summed E-state index contributed by atoms with van der Waals surface area (Å²) in [6, 6.07) is 11.3. The van der Waals surface area contributed by atoms with E-state index in [0.717, 1.165) is 5.69 Å². The van der Waals surface area contributed by atoms with E-state index in [0.29, 0.717) is 5.56 Å². The lowest BCUT2D eigenvalue weighted by atomic mass is 10.2. The van der Waals surface area contributed by atoms with Gasteiger partial charge < -0.3 is 5.11 Å². The zero-order valence-electron chi connectivity index (χ0n) is 7.91. The van der Waals surface area contributed by atoms with E-state index in [1.807, 2.05) is 30.3 Å². The molecule has 0 bridgehead atoms. The Morgan fingerprint density at radius 2 is 2.07 bits per heavy atom. The van der Waals surface area contributed by atoms with Gasteiger partial charge in [-0.05, 0) is 12.1 Å². The Balaban J connectivity index is 2.33. The predicted molar refractivity (Wildman–Crippen MR) is 54.1 cm³/mol. The number of nitrogens with zero attached hydrogens (tertiary/aromatic N) is 3. The summed E-state index contributed by atoms with van der Waals surface area (Å²) in [7, 11) is 0. The van der Waals surface area contributed by atoms with Crippen LogP contribution in [-0.2, 0) is 0 Å². The molecule has 4 heteroatoms.